The van der Waals surface area contributed by atoms with E-state index in [0.717, 1.165) is 17.2 Å². The van der Waals surface area contributed by atoms with Crippen LogP contribution in [-0.4, -0.2) is 22.1 Å². The van der Waals surface area contributed by atoms with Gasteiger partial charge in [-0.05, 0) is 25.1 Å². The Kier molecular flexibility index (Phi) is 3.92. The van der Waals surface area contributed by atoms with E-state index < -0.39 is 23.9 Å². The SMILES string of the molecule is CC(O)c1cccc2c1OC(F)(F)C(=O)N2Cc1ccc(F)cn1. The number of aromatic nitrogens is 1. The summed E-state index contributed by atoms with van der Waals surface area (Å²) >= 11 is 0. The molecule has 1 aliphatic heterocycles. The van der Waals surface area contributed by atoms with Crippen molar-refractivity contribution in [2.24, 2.45) is 0 Å². The number of hydrogen-bond acceptors (Lipinski definition) is 4. The minimum atomic E-state index is -4.07. The first-order valence-electron chi connectivity index (χ1n) is 7.10. The maximum Gasteiger partial charge on any atom is 0.483 e. The van der Waals surface area contributed by atoms with Gasteiger partial charge in [0, 0.05) is 5.56 Å². The molecule has 0 bridgehead atoms. The summed E-state index contributed by atoms with van der Waals surface area (Å²) in [6.45, 7) is 1.12. The van der Waals surface area contributed by atoms with E-state index in [1.165, 1.54) is 31.2 Å². The largest absolute Gasteiger partial charge is 0.483 e. The molecule has 0 spiro atoms. The number of halogens is 3. The number of aliphatic hydroxyl groups is 1. The molecule has 8 heteroatoms. The Balaban J connectivity index is 2.07. The minimum absolute atomic E-state index is 0.0930. The molecule has 2 heterocycles. The highest BCUT2D eigenvalue weighted by molar-refractivity contribution is 6.01. The summed E-state index contributed by atoms with van der Waals surface area (Å²) in [4.78, 5) is 16.6. The van der Waals surface area contributed by atoms with Crippen molar-refractivity contribution in [2.45, 2.75) is 25.7 Å². The highest BCUT2D eigenvalue weighted by Gasteiger charge is 2.51. The first-order valence-corrected chi connectivity index (χ1v) is 7.10. The first-order chi connectivity index (χ1) is 11.3. The Bertz CT molecular complexity index is 779. The molecule has 1 aliphatic rings. The Morgan fingerprint density at radius 2 is 2.08 bits per heavy atom. The van der Waals surface area contributed by atoms with Gasteiger partial charge in [0.05, 0.1) is 30.2 Å². The molecule has 1 amide bonds. The van der Waals surface area contributed by atoms with E-state index in [1.807, 2.05) is 0 Å². The molecule has 1 atom stereocenters. The van der Waals surface area contributed by atoms with Gasteiger partial charge in [-0.3, -0.25) is 14.7 Å². The van der Waals surface area contributed by atoms with Gasteiger partial charge in [-0.1, -0.05) is 12.1 Å². The number of fused-ring (bicyclic) bond motifs is 1. The van der Waals surface area contributed by atoms with Gasteiger partial charge in [0.25, 0.3) is 0 Å². The lowest BCUT2D eigenvalue weighted by Crippen LogP contribution is -2.50. The highest BCUT2D eigenvalue weighted by atomic mass is 19.3. The molecule has 126 valence electrons. The van der Waals surface area contributed by atoms with E-state index in [0.29, 0.717) is 0 Å². The summed E-state index contributed by atoms with van der Waals surface area (Å²) in [6, 6.07) is 6.81. The van der Waals surface area contributed by atoms with Crippen LogP contribution in [0.1, 0.15) is 24.3 Å². The number of amides is 1. The fourth-order valence-electron chi connectivity index (χ4n) is 2.45. The van der Waals surface area contributed by atoms with Crippen molar-refractivity contribution in [2.75, 3.05) is 4.90 Å². The third kappa shape index (κ3) is 2.80. The Hall–Kier alpha value is -2.61. The lowest BCUT2D eigenvalue weighted by Gasteiger charge is -2.34. The quantitative estimate of drug-likeness (QED) is 0.935. The van der Waals surface area contributed by atoms with Gasteiger partial charge in [0.2, 0.25) is 0 Å². The summed E-state index contributed by atoms with van der Waals surface area (Å²) < 4.78 is 45.4. The third-order valence-corrected chi connectivity index (χ3v) is 3.60. The number of carbonyl (C=O) groups excluding carboxylic acids is 1. The van der Waals surface area contributed by atoms with Crippen LogP contribution in [-0.2, 0) is 11.3 Å². The molecule has 5 nitrogen and oxygen atoms in total. The van der Waals surface area contributed by atoms with E-state index in [9.17, 15) is 23.1 Å². The van der Waals surface area contributed by atoms with Gasteiger partial charge in [0.1, 0.15) is 5.82 Å². The summed E-state index contributed by atoms with van der Waals surface area (Å²) in [5, 5.41) is 9.74. The predicted octanol–water partition coefficient (Wildman–Crippen LogP) is 2.79. The van der Waals surface area contributed by atoms with E-state index >= 15 is 0 Å². The van der Waals surface area contributed by atoms with E-state index in [4.69, 9.17) is 0 Å². The molecular weight excluding hydrogens is 325 g/mol. The van der Waals surface area contributed by atoms with Gasteiger partial charge in [-0.15, -0.1) is 0 Å². The molecular formula is C16H13F3N2O3. The van der Waals surface area contributed by atoms with Crippen LogP contribution in [0.15, 0.2) is 36.5 Å². The normalized spacial score (nSPS) is 17.2. The molecule has 0 aliphatic carbocycles. The molecule has 1 unspecified atom stereocenters. The van der Waals surface area contributed by atoms with E-state index in [1.54, 1.807) is 0 Å². The molecule has 1 N–H and O–H groups in total. The van der Waals surface area contributed by atoms with Crippen LogP contribution in [0.2, 0.25) is 0 Å². The van der Waals surface area contributed by atoms with Crippen molar-refractivity contribution in [1.29, 1.82) is 0 Å². The van der Waals surface area contributed by atoms with Crippen LogP contribution in [0.5, 0.6) is 5.75 Å². The van der Waals surface area contributed by atoms with Crippen LogP contribution in [0.3, 0.4) is 0 Å². The number of nitrogens with zero attached hydrogens (tertiary/aromatic N) is 2. The Labute approximate surface area is 135 Å². The van der Waals surface area contributed by atoms with E-state index in [2.05, 4.69) is 9.72 Å². The second-order valence-electron chi connectivity index (χ2n) is 5.35. The topological polar surface area (TPSA) is 62.7 Å². The van der Waals surface area contributed by atoms with Gasteiger partial charge in [-0.2, -0.15) is 8.78 Å². The number of para-hydroxylation sites is 1. The zero-order valence-electron chi connectivity index (χ0n) is 12.5. The van der Waals surface area contributed by atoms with Crippen molar-refractivity contribution in [1.82, 2.24) is 4.98 Å². The van der Waals surface area contributed by atoms with E-state index in [-0.39, 0.29) is 29.2 Å². The lowest BCUT2D eigenvalue weighted by atomic mass is 10.1. The number of ether oxygens (including phenoxy) is 1. The Morgan fingerprint density at radius 1 is 1.33 bits per heavy atom. The lowest BCUT2D eigenvalue weighted by molar-refractivity contribution is -0.193. The van der Waals surface area contributed by atoms with Crippen LogP contribution in [0.4, 0.5) is 18.9 Å². The standard InChI is InChI=1S/C16H13F3N2O3/c1-9(22)12-3-2-4-13-14(12)24-16(18,19)15(23)21(13)8-11-6-5-10(17)7-20-11/h2-7,9,22H,8H2,1H3. The molecule has 3 rings (SSSR count). The highest BCUT2D eigenvalue weighted by Crippen LogP contribution is 2.43. The monoisotopic (exact) mass is 338 g/mol. The van der Waals surface area contributed by atoms with Gasteiger partial charge < -0.3 is 9.84 Å². The summed E-state index contributed by atoms with van der Waals surface area (Å²) in [6.07, 6.45) is -4.20. The van der Waals surface area contributed by atoms with Crippen molar-refractivity contribution in [3.05, 3.63) is 53.6 Å². The van der Waals surface area contributed by atoms with Crippen LogP contribution in [0.25, 0.3) is 0 Å². The minimum Gasteiger partial charge on any atom is -0.423 e. The number of aliphatic hydroxyl groups excluding tert-OH is 1. The fourth-order valence-corrected chi connectivity index (χ4v) is 2.45. The zero-order chi connectivity index (χ0) is 17.5. The zero-order valence-corrected chi connectivity index (χ0v) is 12.5. The van der Waals surface area contributed by atoms with Crippen molar-refractivity contribution in [3.63, 3.8) is 0 Å². The maximum atomic E-state index is 14.0. The first kappa shape index (κ1) is 16.3. The average molecular weight is 338 g/mol. The molecule has 0 radical (unpaired) electrons. The average Bonchev–Trinajstić information content (AvgIpc) is 2.52. The second-order valence-corrected chi connectivity index (χ2v) is 5.35. The summed E-state index contributed by atoms with van der Waals surface area (Å²) in [5.74, 6) is -2.39. The maximum absolute atomic E-state index is 14.0. The van der Waals surface area contributed by atoms with Gasteiger partial charge in [-0.25, -0.2) is 4.39 Å². The van der Waals surface area contributed by atoms with Crippen LogP contribution >= 0.6 is 0 Å². The van der Waals surface area contributed by atoms with Gasteiger partial charge in [0.15, 0.2) is 5.75 Å². The van der Waals surface area contributed by atoms with Crippen molar-refractivity contribution in [3.8, 4) is 5.75 Å². The number of rotatable bonds is 3. The fraction of sp³-hybridized carbons (Fsp3) is 0.250. The summed E-state index contributed by atoms with van der Waals surface area (Å²) in [5.41, 5.74) is 0.461. The molecule has 0 saturated carbocycles. The number of hydrogen-bond donors (Lipinski definition) is 1. The molecule has 1 aromatic heterocycles. The number of alkyl halides is 2. The molecule has 1 aromatic carbocycles. The summed E-state index contributed by atoms with van der Waals surface area (Å²) in [7, 11) is 0. The molecule has 0 saturated heterocycles. The number of benzene rings is 1. The predicted molar refractivity (Wildman–Crippen MR) is 78.0 cm³/mol. The smallest absolute Gasteiger partial charge is 0.423 e. The number of pyridine rings is 1. The van der Waals surface area contributed by atoms with Crippen molar-refractivity contribution >= 4 is 11.6 Å². The molecule has 2 aromatic rings. The molecule has 24 heavy (non-hydrogen) atoms. The Morgan fingerprint density at radius 3 is 2.71 bits per heavy atom. The number of carbonyl (C=O) groups is 1. The second kappa shape index (κ2) is 5.79. The van der Waals surface area contributed by atoms with Crippen molar-refractivity contribution < 1.29 is 27.8 Å². The van der Waals surface area contributed by atoms with Gasteiger partial charge >= 0.3 is 12.0 Å². The molecule has 0 fully saturated rings. The van der Waals surface area contributed by atoms with Crippen LogP contribution < -0.4 is 9.64 Å². The number of anilines is 1. The third-order valence-electron chi connectivity index (χ3n) is 3.60. The van der Waals surface area contributed by atoms with Crippen LogP contribution in [0, 0.1) is 5.82 Å².